The molecule has 0 saturated heterocycles. The molecule has 0 amide bonds. The number of nitrogens with zero attached hydrogens (tertiary/aromatic N) is 1. The van der Waals surface area contributed by atoms with E-state index in [0.29, 0.717) is 23.2 Å². The molecule has 0 atom stereocenters. The summed E-state index contributed by atoms with van der Waals surface area (Å²) in [6.45, 7) is 5.40. The van der Waals surface area contributed by atoms with E-state index in [-0.39, 0.29) is 11.3 Å². The van der Waals surface area contributed by atoms with E-state index in [9.17, 15) is 9.90 Å². The number of phenols is 1. The summed E-state index contributed by atoms with van der Waals surface area (Å²) in [5.74, 6) is 0.175. The van der Waals surface area contributed by atoms with Gasteiger partial charge in [-0.1, -0.05) is 12.1 Å². The maximum Gasteiger partial charge on any atom is 0.266 e. The van der Waals surface area contributed by atoms with Crippen LogP contribution in [0.1, 0.15) is 16.8 Å². The normalized spacial score (nSPS) is 10.0. The van der Waals surface area contributed by atoms with Gasteiger partial charge < -0.3 is 10.1 Å². The Kier molecular flexibility index (Phi) is 3.72. The maximum absolute atomic E-state index is 11.8. The molecule has 0 spiro atoms. The fraction of sp³-hybridized carbons (Fsp3) is 0.125. The van der Waals surface area contributed by atoms with E-state index < -0.39 is 5.56 Å². The van der Waals surface area contributed by atoms with E-state index >= 15 is 0 Å². The molecule has 2 rings (SSSR count). The summed E-state index contributed by atoms with van der Waals surface area (Å²) in [7, 11) is 0. The first-order valence-electron chi connectivity index (χ1n) is 6.14. The first-order valence-corrected chi connectivity index (χ1v) is 6.14. The number of rotatable bonds is 3. The smallest absolute Gasteiger partial charge is 0.266 e. The molecule has 1 aromatic heterocycles. The second kappa shape index (κ2) is 5.45. The second-order valence-electron chi connectivity index (χ2n) is 4.52. The third kappa shape index (κ3) is 2.47. The van der Waals surface area contributed by atoms with Crippen LogP contribution in [0.25, 0.3) is 11.1 Å². The highest BCUT2D eigenvalue weighted by atomic mass is 16.3. The van der Waals surface area contributed by atoms with Gasteiger partial charge in [-0.2, -0.15) is 5.26 Å². The van der Waals surface area contributed by atoms with Gasteiger partial charge in [0.2, 0.25) is 0 Å². The zero-order valence-electron chi connectivity index (χ0n) is 11.1. The molecule has 0 aliphatic heterocycles. The molecule has 0 unspecified atom stereocenters. The molecule has 0 fully saturated rings. The number of allylic oxidation sites excluding steroid dienone is 1. The summed E-state index contributed by atoms with van der Waals surface area (Å²) in [5, 5.41) is 18.9. The molecule has 1 aromatic carbocycles. The summed E-state index contributed by atoms with van der Waals surface area (Å²) in [4.78, 5) is 14.4. The van der Waals surface area contributed by atoms with Crippen LogP contribution in [0, 0.1) is 18.3 Å². The zero-order valence-corrected chi connectivity index (χ0v) is 11.1. The van der Waals surface area contributed by atoms with Gasteiger partial charge in [-0.25, -0.2) is 0 Å². The number of aryl methyl sites for hydroxylation is 1. The molecule has 0 aliphatic carbocycles. The van der Waals surface area contributed by atoms with Gasteiger partial charge >= 0.3 is 0 Å². The van der Waals surface area contributed by atoms with Crippen LogP contribution in [0.5, 0.6) is 5.75 Å². The van der Waals surface area contributed by atoms with Crippen molar-refractivity contribution in [1.82, 2.24) is 4.98 Å². The van der Waals surface area contributed by atoms with Crippen LogP contribution in [0.3, 0.4) is 0 Å². The Balaban J connectivity index is 2.69. The number of nitrogens with one attached hydrogen (secondary N) is 1. The Morgan fingerprint density at radius 2 is 2.20 bits per heavy atom. The Hall–Kier alpha value is -2.80. The minimum atomic E-state index is -0.402. The quantitative estimate of drug-likeness (QED) is 0.838. The van der Waals surface area contributed by atoms with Crippen LogP contribution in [-0.2, 0) is 6.42 Å². The number of benzene rings is 1. The lowest BCUT2D eigenvalue weighted by atomic mass is 9.98. The average Bonchev–Trinajstić information content (AvgIpc) is 2.41. The minimum absolute atomic E-state index is 0.0749. The topological polar surface area (TPSA) is 76.9 Å². The number of nitriles is 1. The number of aromatic hydroxyl groups is 1. The summed E-state index contributed by atoms with van der Waals surface area (Å²) in [6, 6.07) is 8.71. The molecule has 0 aliphatic rings. The first-order chi connectivity index (χ1) is 9.56. The standard InChI is InChI=1S/C16H14N2O2/c1-3-4-12-8-11(5-6-15(12)19)13-7-10(2)18-16(20)14(13)9-17/h3,5-8,19H,1,4H2,2H3,(H,18,20). The van der Waals surface area contributed by atoms with Crippen LogP contribution in [0.4, 0.5) is 0 Å². The van der Waals surface area contributed by atoms with E-state index in [1.165, 1.54) is 0 Å². The second-order valence-corrected chi connectivity index (χ2v) is 4.52. The van der Waals surface area contributed by atoms with Crippen molar-refractivity contribution in [3.63, 3.8) is 0 Å². The summed E-state index contributed by atoms with van der Waals surface area (Å²) < 4.78 is 0. The SMILES string of the molecule is C=CCc1cc(-c2cc(C)[nH]c(=O)c2C#N)ccc1O. The lowest BCUT2D eigenvalue weighted by Crippen LogP contribution is -2.12. The molecule has 4 heteroatoms. The summed E-state index contributed by atoms with van der Waals surface area (Å²) in [5.41, 5.74) is 2.36. The van der Waals surface area contributed by atoms with Crippen LogP contribution < -0.4 is 5.56 Å². The van der Waals surface area contributed by atoms with E-state index in [1.54, 1.807) is 37.3 Å². The number of aromatic nitrogens is 1. The molecular formula is C16H14N2O2. The zero-order chi connectivity index (χ0) is 14.7. The van der Waals surface area contributed by atoms with Gasteiger partial charge in [-0.15, -0.1) is 6.58 Å². The monoisotopic (exact) mass is 266 g/mol. The molecule has 0 radical (unpaired) electrons. The molecule has 2 aromatic rings. The van der Waals surface area contributed by atoms with Gasteiger partial charge in [0.15, 0.2) is 0 Å². The fourth-order valence-electron chi connectivity index (χ4n) is 2.10. The van der Waals surface area contributed by atoms with Crippen LogP contribution in [0.2, 0.25) is 0 Å². The van der Waals surface area contributed by atoms with Crippen molar-refractivity contribution in [1.29, 1.82) is 5.26 Å². The Morgan fingerprint density at radius 1 is 1.45 bits per heavy atom. The highest BCUT2D eigenvalue weighted by Gasteiger charge is 2.11. The minimum Gasteiger partial charge on any atom is -0.508 e. The Bertz CT molecular complexity index is 767. The van der Waals surface area contributed by atoms with Gasteiger partial charge in [-0.05, 0) is 42.7 Å². The van der Waals surface area contributed by atoms with Crippen LogP contribution in [0.15, 0.2) is 41.7 Å². The highest BCUT2D eigenvalue weighted by Crippen LogP contribution is 2.27. The van der Waals surface area contributed by atoms with E-state index in [0.717, 1.165) is 5.56 Å². The first kappa shape index (κ1) is 13.6. The molecule has 1 heterocycles. The molecular weight excluding hydrogens is 252 g/mol. The number of phenolic OH excluding ortho intramolecular Hbond substituents is 1. The van der Waals surface area contributed by atoms with Gasteiger partial charge in [-0.3, -0.25) is 4.79 Å². The summed E-state index contributed by atoms with van der Waals surface area (Å²) >= 11 is 0. The molecule has 100 valence electrons. The van der Waals surface area contributed by atoms with Gasteiger partial charge in [0.05, 0.1) is 0 Å². The average molecular weight is 266 g/mol. The van der Waals surface area contributed by atoms with Gasteiger partial charge in [0, 0.05) is 11.3 Å². The lowest BCUT2D eigenvalue weighted by molar-refractivity contribution is 0.470. The van der Waals surface area contributed by atoms with E-state index in [2.05, 4.69) is 11.6 Å². The maximum atomic E-state index is 11.8. The largest absolute Gasteiger partial charge is 0.508 e. The van der Waals surface area contributed by atoms with E-state index in [1.807, 2.05) is 6.07 Å². The highest BCUT2D eigenvalue weighted by molar-refractivity contribution is 5.71. The van der Waals surface area contributed by atoms with Crippen molar-refractivity contribution in [3.8, 4) is 22.9 Å². The molecule has 2 N–H and O–H groups in total. The Labute approximate surface area is 116 Å². The number of hydrogen-bond acceptors (Lipinski definition) is 3. The third-order valence-electron chi connectivity index (χ3n) is 3.03. The van der Waals surface area contributed by atoms with Crippen molar-refractivity contribution in [3.05, 3.63) is 64.1 Å². The number of hydrogen-bond donors (Lipinski definition) is 2. The number of H-pyrrole nitrogens is 1. The van der Waals surface area contributed by atoms with Crippen molar-refractivity contribution < 1.29 is 5.11 Å². The van der Waals surface area contributed by atoms with Crippen molar-refractivity contribution in [2.24, 2.45) is 0 Å². The third-order valence-corrected chi connectivity index (χ3v) is 3.03. The number of pyridine rings is 1. The molecule has 0 saturated carbocycles. The molecule has 20 heavy (non-hydrogen) atoms. The van der Waals surface area contributed by atoms with Crippen molar-refractivity contribution in [2.75, 3.05) is 0 Å². The molecule has 0 bridgehead atoms. The van der Waals surface area contributed by atoms with Gasteiger partial charge in [0.1, 0.15) is 17.4 Å². The lowest BCUT2D eigenvalue weighted by Gasteiger charge is -2.08. The van der Waals surface area contributed by atoms with Crippen LogP contribution >= 0.6 is 0 Å². The number of aromatic amines is 1. The molecule has 4 nitrogen and oxygen atoms in total. The Morgan fingerprint density at radius 3 is 2.85 bits per heavy atom. The van der Waals surface area contributed by atoms with Crippen molar-refractivity contribution >= 4 is 0 Å². The van der Waals surface area contributed by atoms with E-state index in [4.69, 9.17) is 5.26 Å². The predicted octanol–water partition coefficient (Wildman–Crippen LogP) is 2.66. The predicted molar refractivity (Wildman–Crippen MR) is 77.5 cm³/mol. The van der Waals surface area contributed by atoms with Crippen LogP contribution in [-0.4, -0.2) is 10.1 Å². The van der Waals surface area contributed by atoms with Gasteiger partial charge in [0.25, 0.3) is 5.56 Å². The summed E-state index contributed by atoms with van der Waals surface area (Å²) in [6.07, 6.45) is 2.21. The fourth-order valence-corrected chi connectivity index (χ4v) is 2.10. The van der Waals surface area contributed by atoms with Crippen molar-refractivity contribution in [2.45, 2.75) is 13.3 Å².